The van der Waals surface area contributed by atoms with Gasteiger partial charge in [0, 0.05) is 19.1 Å². The largest absolute Gasteiger partial charge is 0.416 e. The Labute approximate surface area is 127 Å². The molecule has 1 aliphatic carbocycles. The molecular weight excluding hydrogens is 317 g/mol. The van der Waals surface area contributed by atoms with Gasteiger partial charge in [-0.3, -0.25) is 0 Å². The number of benzene rings is 1. The van der Waals surface area contributed by atoms with Crippen LogP contribution in [0, 0.1) is 11.8 Å². The minimum Gasteiger partial charge on any atom is -0.326 e. The zero-order chi connectivity index (χ0) is 16.1. The van der Waals surface area contributed by atoms with Crippen molar-refractivity contribution in [3.05, 3.63) is 29.8 Å². The third-order valence-electron chi connectivity index (χ3n) is 4.41. The van der Waals surface area contributed by atoms with Crippen LogP contribution in [0.4, 0.5) is 13.2 Å². The molecule has 122 valence electrons. The molecule has 0 radical (unpaired) electrons. The van der Waals surface area contributed by atoms with Gasteiger partial charge in [0.25, 0.3) is 0 Å². The van der Waals surface area contributed by atoms with Crippen LogP contribution in [0.15, 0.2) is 29.2 Å². The second-order valence-corrected chi connectivity index (χ2v) is 7.95. The maximum absolute atomic E-state index is 12.7. The average molecular weight is 334 g/mol. The number of sulfonamides is 1. The summed E-state index contributed by atoms with van der Waals surface area (Å²) in [6.07, 6.45) is -2.46. The van der Waals surface area contributed by atoms with Gasteiger partial charge >= 0.3 is 6.18 Å². The molecule has 0 spiro atoms. The summed E-state index contributed by atoms with van der Waals surface area (Å²) in [5.41, 5.74) is 5.04. The van der Waals surface area contributed by atoms with Gasteiger partial charge in [0.2, 0.25) is 10.0 Å². The highest BCUT2D eigenvalue weighted by atomic mass is 32.2. The molecule has 1 saturated carbocycles. The molecule has 2 N–H and O–H groups in total. The van der Waals surface area contributed by atoms with Crippen molar-refractivity contribution in [1.82, 2.24) is 4.31 Å². The van der Waals surface area contributed by atoms with Crippen molar-refractivity contribution in [1.29, 1.82) is 0 Å². The van der Waals surface area contributed by atoms with E-state index in [4.69, 9.17) is 5.73 Å². The lowest BCUT2D eigenvalue weighted by molar-refractivity contribution is -0.137. The van der Waals surface area contributed by atoms with Gasteiger partial charge in [0.15, 0.2) is 0 Å². The number of hydrogen-bond donors (Lipinski definition) is 1. The van der Waals surface area contributed by atoms with Crippen LogP contribution in [0.25, 0.3) is 0 Å². The molecule has 0 unspecified atom stereocenters. The Balaban J connectivity index is 1.87. The Kier molecular flexibility index (Phi) is 3.73. The Bertz CT molecular complexity index is 671. The van der Waals surface area contributed by atoms with Gasteiger partial charge in [-0.05, 0) is 42.9 Å². The Morgan fingerprint density at radius 2 is 1.86 bits per heavy atom. The second-order valence-electron chi connectivity index (χ2n) is 6.01. The lowest BCUT2D eigenvalue weighted by atomic mass is 9.99. The Morgan fingerprint density at radius 1 is 1.18 bits per heavy atom. The summed E-state index contributed by atoms with van der Waals surface area (Å²) in [6.45, 7) is 0.462. The highest BCUT2D eigenvalue weighted by molar-refractivity contribution is 7.89. The highest BCUT2D eigenvalue weighted by Crippen LogP contribution is 2.42. The SMILES string of the molecule is N[C@@H]1CN(S(=O)(=O)c2cccc(C(F)(F)F)c2)C[C@H]1C1CC1. The van der Waals surface area contributed by atoms with E-state index in [-0.39, 0.29) is 23.4 Å². The molecule has 2 fully saturated rings. The van der Waals surface area contributed by atoms with E-state index in [2.05, 4.69) is 0 Å². The van der Waals surface area contributed by atoms with E-state index in [9.17, 15) is 21.6 Å². The second kappa shape index (κ2) is 5.21. The summed E-state index contributed by atoms with van der Waals surface area (Å²) in [5, 5.41) is 0. The lowest BCUT2D eigenvalue weighted by Gasteiger charge is -2.17. The fourth-order valence-corrected chi connectivity index (χ4v) is 4.58. The number of nitrogens with zero attached hydrogens (tertiary/aromatic N) is 1. The van der Waals surface area contributed by atoms with E-state index < -0.39 is 21.8 Å². The Morgan fingerprint density at radius 3 is 2.45 bits per heavy atom. The van der Waals surface area contributed by atoms with Gasteiger partial charge in [-0.2, -0.15) is 17.5 Å². The summed E-state index contributed by atoms with van der Waals surface area (Å²) < 4.78 is 64.5. The average Bonchev–Trinajstić information content (AvgIpc) is 3.20. The van der Waals surface area contributed by atoms with Crippen LogP contribution >= 0.6 is 0 Å². The fraction of sp³-hybridized carbons (Fsp3) is 0.571. The normalized spacial score (nSPS) is 27.3. The number of rotatable bonds is 3. The van der Waals surface area contributed by atoms with Crippen LogP contribution in [-0.4, -0.2) is 31.9 Å². The first-order chi connectivity index (χ1) is 10.2. The number of hydrogen-bond acceptors (Lipinski definition) is 3. The maximum atomic E-state index is 12.7. The molecule has 0 aromatic heterocycles. The van der Waals surface area contributed by atoms with Crippen molar-refractivity contribution in [2.75, 3.05) is 13.1 Å². The van der Waals surface area contributed by atoms with Crippen molar-refractivity contribution >= 4 is 10.0 Å². The third kappa shape index (κ3) is 2.87. The van der Waals surface area contributed by atoms with Gasteiger partial charge < -0.3 is 5.73 Å². The molecule has 2 aliphatic rings. The van der Waals surface area contributed by atoms with E-state index in [0.29, 0.717) is 18.5 Å². The van der Waals surface area contributed by atoms with Gasteiger partial charge in [-0.25, -0.2) is 8.42 Å². The smallest absolute Gasteiger partial charge is 0.326 e. The first-order valence-electron chi connectivity index (χ1n) is 7.12. The topological polar surface area (TPSA) is 63.4 Å². The van der Waals surface area contributed by atoms with Crippen molar-refractivity contribution in [2.24, 2.45) is 17.6 Å². The van der Waals surface area contributed by atoms with E-state index in [1.54, 1.807) is 0 Å². The molecule has 3 rings (SSSR count). The van der Waals surface area contributed by atoms with Crippen LogP contribution in [-0.2, 0) is 16.2 Å². The van der Waals surface area contributed by atoms with Gasteiger partial charge in [-0.15, -0.1) is 0 Å². The van der Waals surface area contributed by atoms with Crippen LogP contribution in [0.2, 0.25) is 0 Å². The van der Waals surface area contributed by atoms with Crippen LogP contribution in [0.5, 0.6) is 0 Å². The van der Waals surface area contributed by atoms with Crippen molar-refractivity contribution in [3.63, 3.8) is 0 Å². The van der Waals surface area contributed by atoms with E-state index >= 15 is 0 Å². The van der Waals surface area contributed by atoms with E-state index in [0.717, 1.165) is 25.0 Å². The molecule has 1 saturated heterocycles. The predicted octanol–water partition coefficient (Wildman–Crippen LogP) is 2.06. The van der Waals surface area contributed by atoms with Crippen LogP contribution < -0.4 is 5.73 Å². The standard InChI is InChI=1S/C14H17F3N2O2S/c15-14(16,17)10-2-1-3-11(6-10)22(20,21)19-7-12(9-4-5-9)13(18)8-19/h1-3,6,9,12-13H,4-5,7-8,18H2/t12-,13+/m0/s1. The molecular formula is C14H17F3N2O2S. The number of nitrogens with two attached hydrogens (primary N) is 1. The quantitative estimate of drug-likeness (QED) is 0.920. The molecule has 8 heteroatoms. The molecule has 2 atom stereocenters. The number of alkyl halides is 3. The molecule has 4 nitrogen and oxygen atoms in total. The minimum atomic E-state index is -4.57. The first-order valence-corrected chi connectivity index (χ1v) is 8.56. The van der Waals surface area contributed by atoms with Crippen molar-refractivity contribution < 1.29 is 21.6 Å². The van der Waals surface area contributed by atoms with Crippen LogP contribution in [0.3, 0.4) is 0 Å². The molecule has 0 amide bonds. The first kappa shape index (κ1) is 15.8. The molecule has 1 aromatic carbocycles. The molecule has 22 heavy (non-hydrogen) atoms. The van der Waals surface area contributed by atoms with Crippen molar-refractivity contribution in [3.8, 4) is 0 Å². The van der Waals surface area contributed by atoms with Crippen molar-refractivity contribution in [2.45, 2.75) is 30.0 Å². The summed E-state index contributed by atoms with van der Waals surface area (Å²) in [6, 6.07) is 3.62. The summed E-state index contributed by atoms with van der Waals surface area (Å²) in [7, 11) is -3.94. The van der Waals surface area contributed by atoms with E-state index in [1.165, 1.54) is 10.4 Å². The molecule has 1 heterocycles. The Hall–Kier alpha value is -1.12. The summed E-state index contributed by atoms with van der Waals surface area (Å²) in [4.78, 5) is -0.328. The zero-order valence-corrected chi connectivity index (χ0v) is 12.6. The lowest BCUT2D eigenvalue weighted by Crippen LogP contribution is -2.32. The summed E-state index contributed by atoms with van der Waals surface area (Å²) >= 11 is 0. The molecule has 1 aromatic rings. The number of halogens is 3. The van der Waals surface area contributed by atoms with Gasteiger partial charge in [0.1, 0.15) is 0 Å². The van der Waals surface area contributed by atoms with Crippen LogP contribution in [0.1, 0.15) is 18.4 Å². The predicted molar refractivity (Wildman–Crippen MR) is 74.4 cm³/mol. The highest BCUT2D eigenvalue weighted by Gasteiger charge is 2.44. The maximum Gasteiger partial charge on any atom is 0.416 e. The zero-order valence-electron chi connectivity index (χ0n) is 11.8. The minimum absolute atomic E-state index is 0.112. The third-order valence-corrected chi connectivity index (χ3v) is 6.23. The molecule has 0 bridgehead atoms. The summed E-state index contributed by atoms with van der Waals surface area (Å²) in [5.74, 6) is 0.567. The van der Waals surface area contributed by atoms with Gasteiger partial charge in [-0.1, -0.05) is 6.07 Å². The van der Waals surface area contributed by atoms with E-state index in [1.807, 2.05) is 0 Å². The molecule has 1 aliphatic heterocycles. The van der Waals surface area contributed by atoms with Gasteiger partial charge in [0.05, 0.1) is 10.5 Å². The monoisotopic (exact) mass is 334 g/mol. The fourth-order valence-electron chi connectivity index (χ4n) is 3.02.